The Balaban J connectivity index is 1.76. The molecular weight excluding hydrogens is 336 g/mol. The fraction of sp³-hybridized carbons (Fsp3) is 0.0667. The van der Waals surface area contributed by atoms with Crippen LogP contribution in [0.3, 0.4) is 0 Å². The molecule has 2 aromatic rings. The van der Waals surface area contributed by atoms with Crippen molar-refractivity contribution < 1.29 is 19.1 Å². The van der Waals surface area contributed by atoms with Crippen LogP contribution in [0.15, 0.2) is 45.9 Å². The number of benzene rings is 1. The lowest BCUT2D eigenvalue weighted by atomic mass is 10.1. The zero-order valence-corrected chi connectivity index (χ0v) is 13.3. The van der Waals surface area contributed by atoms with Gasteiger partial charge in [0, 0.05) is 5.56 Å². The Bertz CT molecular complexity index is 795. The number of carbonyl (C=O) groups excluding carboxylic acids is 1. The summed E-state index contributed by atoms with van der Waals surface area (Å²) in [6.45, 7) is 0. The molecule has 6 nitrogen and oxygen atoms in total. The molecule has 0 bridgehead atoms. The number of rotatable bonds is 4. The standard InChI is InChI=1S/C15H10N2O4S2/c18-13-8-23-15(22)17(13)16-7-11-5-6-12(21-11)9-1-3-10(4-2-9)14(19)20/h1-7H,8H2,(H,19,20). The van der Waals surface area contributed by atoms with Crippen LogP contribution >= 0.6 is 24.0 Å². The summed E-state index contributed by atoms with van der Waals surface area (Å²) in [5.74, 6) is 0.207. The maximum atomic E-state index is 11.5. The highest BCUT2D eigenvalue weighted by atomic mass is 32.2. The molecule has 0 spiro atoms. The predicted molar refractivity (Wildman–Crippen MR) is 90.6 cm³/mol. The predicted octanol–water partition coefficient (Wildman–Crippen LogP) is 2.84. The molecule has 0 aliphatic carbocycles. The molecule has 1 aliphatic rings. The minimum Gasteiger partial charge on any atom is -0.478 e. The lowest BCUT2D eigenvalue weighted by Gasteiger charge is -2.05. The molecular formula is C15H10N2O4S2. The first-order chi connectivity index (χ1) is 11.0. The van der Waals surface area contributed by atoms with E-state index in [-0.39, 0.29) is 11.5 Å². The van der Waals surface area contributed by atoms with Crippen molar-refractivity contribution in [2.75, 3.05) is 5.75 Å². The SMILES string of the molecule is O=C(O)c1ccc(-c2ccc(C=NN3C(=O)CSC3=S)o2)cc1. The number of carboxylic acid groups (broad SMARTS) is 1. The van der Waals surface area contributed by atoms with E-state index >= 15 is 0 Å². The summed E-state index contributed by atoms with van der Waals surface area (Å²) in [5, 5.41) is 14.1. The molecule has 8 heteroatoms. The number of hydrazone groups is 1. The van der Waals surface area contributed by atoms with E-state index < -0.39 is 5.97 Å². The maximum Gasteiger partial charge on any atom is 0.335 e. The third-order valence-electron chi connectivity index (χ3n) is 3.07. The van der Waals surface area contributed by atoms with Crippen molar-refractivity contribution in [3.8, 4) is 11.3 Å². The van der Waals surface area contributed by atoms with Crippen molar-refractivity contribution in [1.82, 2.24) is 5.01 Å². The van der Waals surface area contributed by atoms with Crippen molar-refractivity contribution >= 4 is 46.4 Å². The Morgan fingerprint density at radius 1 is 1.30 bits per heavy atom. The van der Waals surface area contributed by atoms with Crippen LogP contribution in [-0.2, 0) is 4.79 Å². The lowest BCUT2D eigenvalue weighted by molar-refractivity contribution is -0.124. The molecule has 0 atom stereocenters. The van der Waals surface area contributed by atoms with Gasteiger partial charge in [-0.15, -0.1) is 0 Å². The van der Waals surface area contributed by atoms with Gasteiger partial charge in [-0.25, -0.2) is 4.79 Å². The highest BCUT2D eigenvalue weighted by Gasteiger charge is 2.26. The minimum atomic E-state index is -0.979. The van der Waals surface area contributed by atoms with E-state index in [2.05, 4.69) is 5.10 Å². The van der Waals surface area contributed by atoms with Gasteiger partial charge in [0.25, 0.3) is 5.91 Å². The molecule has 1 amide bonds. The number of aromatic carboxylic acids is 1. The number of hydrogen-bond donors (Lipinski definition) is 1. The molecule has 1 aromatic carbocycles. The summed E-state index contributed by atoms with van der Waals surface area (Å²) < 4.78 is 6.03. The first kappa shape index (κ1) is 15.4. The van der Waals surface area contributed by atoms with E-state index in [4.69, 9.17) is 21.7 Å². The lowest BCUT2D eigenvalue weighted by Crippen LogP contribution is -2.22. The van der Waals surface area contributed by atoms with Gasteiger partial charge < -0.3 is 9.52 Å². The summed E-state index contributed by atoms with van der Waals surface area (Å²) in [6, 6.07) is 9.80. The van der Waals surface area contributed by atoms with Gasteiger partial charge in [0.1, 0.15) is 11.5 Å². The molecule has 0 saturated carbocycles. The number of thioether (sulfide) groups is 1. The molecule has 0 radical (unpaired) electrons. The van der Waals surface area contributed by atoms with Crippen LogP contribution in [-0.4, -0.2) is 38.3 Å². The number of hydrogen-bond acceptors (Lipinski definition) is 6. The number of furan rings is 1. The molecule has 0 unspecified atom stereocenters. The van der Waals surface area contributed by atoms with E-state index in [0.29, 0.717) is 21.6 Å². The zero-order valence-electron chi connectivity index (χ0n) is 11.6. The molecule has 1 aromatic heterocycles. The topological polar surface area (TPSA) is 83.1 Å². The second kappa shape index (κ2) is 6.35. The van der Waals surface area contributed by atoms with E-state index in [1.54, 1.807) is 24.3 Å². The van der Waals surface area contributed by atoms with Crippen LogP contribution in [0.4, 0.5) is 0 Å². The van der Waals surface area contributed by atoms with Crippen LogP contribution in [0.5, 0.6) is 0 Å². The zero-order chi connectivity index (χ0) is 16.4. The molecule has 3 rings (SSSR count). The Kier molecular flexibility index (Phi) is 4.26. The molecule has 23 heavy (non-hydrogen) atoms. The fourth-order valence-corrected chi connectivity index (χ4v) is 2.89. The monoisotopic (exact) mass is 346 g/mol. The Morgan fingerprint density at radius 2 is 2.04 bits per heavy atom. The van der Waals surface area contributed by atoms with E-state index in [1.165, 1.54) is 35.1 Å². The highest BCUT2D eigenvalue weighted by Crippen LogP contribution is 2.23. The third kappa shape index (κ3) is 3.33. The summed E-state index contributed by atoms with van der Waals surface area (Å²) >= 11 is 6.29. The molecule has 1 aliphatic heterocycles. The number of carbonyl (C=O) groups is 2. The first-order valence-electron chi connectivity index (χ1n) is 6.52. The second-order valence-corrected chi connectivity index (χ2v) is 6.20. The van der Waals surface area contributed by atoms with Gasteiger partial charge in [0.15, 0.2) is 4.32 Å². The summed E-state index contributed by atoms with van der Waals surface area (Å²) in [6.07, 6.45) is 1.42. The van der Waals surface area contributed by atoms with Gasteiger partial charge in [0.2, 0.25) is 0 Å². The van der Waals surface area contributed by atoms with Gasteiger partial charge in [-0.1, -0.05) is 36.1 Å². The maximum absolute atomic E-state index is 11.5. The van der Waals surface area contributed by atoms with E-state index in [0.717, 1.165) is 5.56 Å². The van der Waals surface area contributed by atoms with Gasteiger partial charge in [-0.05, 0) is 24.3 Å². The molecule has 1 N–H and O–H groups in total. The first-order valence-corrected chi connectivity index (χ1v) is 7.91. The van der Waals surface area contributed by atoms with E-state index in [9.17, 15) is 9.59 Å². The molecule has 2 heterocycles. The van der Waals surface area contributed by atoms with Crippen LogP contribution in [0, 0.1) is 0 Å². The van der Waals surface area contributed by atoms with E-state index in [1.807, 2.05) is 0 Å². The average Bonchev–Trinajstić information content (AvgIpc) is 3.13. The van der Waals surface area contributed by atoms with Gasteiger partial charge in [0.05, 0.1) is 17.5 Å². The number of carboxylic acids is 1. The summed E-state index contributed by atoms with van der Waals surface area (Å²) in [5.41, 5.74) is 0.957. The highest BCUT2D eigenvalue weighted by molar-refractivity contribution is 8.23. The van der Waals surface area contributed by atoms with Crippen molar-refractivity contribution in [2.45, 2.75) is 0 Å². The number of nitrogens with zero attached hydrogens (tertiary/aromatic N) is 2. The van der Waals surface area contributed by atoms with Crippen molar-refractivity contribution in [3.63, 3.8) is 0 Å². The largest absolute Gasteiger partial charge is 0.478 e. The normalized spacial score (nSPS) is 14.9. The van der Waals surface area contributed by atoms with Crippen LogP contribution in [0.1, 0.15) is 16.1 Å². The van der Waals surface area contributed by atoms with Gasteiger partial charge in [-0.2, -0.15) is 10.1 Å². The van der Waals surface area contributed by atoms with Crippen LogP contribution < -0.4 is 0 Å². The third-order valence-corrected chi connectivity index (χ3v) is 4.41. The molecule has 1 saturated heterocycles. The van der Waals surface area contributed by atoms with Gasteiger partial charge >= 0.3 is 5.97 Å². The van der Waals surface area contributed by atoms with Crippen LogP contribution in [0.2, 0.25) is 0 Å². The Morgan fingerprint density at radius 3 is 2.65 bits per heavy atom. The number of thiocarbonyl (C=S) groups is 1. The van der Waals surface area contributed by atoms with Crippen LogP contribution in [0.25, 0.3) is 11.3 Å². The minimum absolute atomic E-state index is 0.160. The average molecular weight is 346 g/mol. The fourth-order valence-electron chi connectivity index (χ4n) is 1.93. The molecule has 116 valence electrons. The van der Waals surface area contributed by atoms with Crippen molar-refractivity contribution in [1.29, 1.82) is 0 Å². The second-order valence-electron chi connectivity index (χ2n) is 4.59. The Hall–Kier alpha value is -2.45. The quantitative estimate of drug-likeness (QED) is 0.677. The smallest absolute Gasteiger partial charge is 0.335 e. The number of amides is 1. The van der Waals surface area contributed by atoms with Crippen molar-refractivity contribution in [2.24, 2.45) is 5.10 Å². The Labute approximate surface area is 140 Å². The summed E-state index contributed by atoms with van der Waals surface area (Å²) in [4.78, 5) is 22.4. The van der Waals surface area contributed by atoms with Crippen molar-refractivity contribution in [3.05, 3.63) is 47.7 Å². The van der Waals surface area contributed by atoms with Gasteiger partial charge in [-0.3, -0.25) is 4.79 Å². The summed E-state index contributed by atoms with van der Waals surface area (Å²) in [7, 11) is 0. The molecule has 1 fully saturated rings.